The van der Waals surface area contributed by atoms with Gasteiger partial charge in [0.25, 0.3) is 5.91 Å². The number of amides is 1. The highest BCUT2D eigenvalue weighted by atomic mass is 32.1. The molecule has 0 atom stereocenters. The highest BCUT2D eigenvalue weighted by Crippen LogP contribution is 2.20. The third kappa shape index (κ3) is 6.63. The molecule has 146 valence electrons. The fourth-order valence-electron chi connectivity index (χ4n) is 3.22. The number of hydrogen-bond acceptors (Lipinski definition) is 5. The van der Waals surface area contributed by atoms with Gasteiger partial charge in [0.1, 0.15) is 12.4 Å². The third-order valence-corrected chi connectivity index (χ3v) is 5.48. The molecule has 27 heavy (non-hydrogen) atoms. The zero-order valence-electron chi connectivity index (χ0n) is 15.9. The largest absolute Gasteiger partial charge is 0.487 e. The molecule has 0 bridgehead atoms. The fourth-order valence-corrected chi connectivity index (χ4v) is 3.81. The Kier molecular flexibility index (Phi) is 7.66. The molecule has 0 aliphatic heterocycles. The number of rotatable bonds is 9. The first-order valence-corrected chi connectivity index (χ1v) is 10.6. The molecule has 1 aliphatic rings. The SMILES string of the molecule is Cc1nc(COc2cccc(C(=O)NCCCOC3CCCCC3)c2)cs1. The van der Waals surface area contributed by atoms with Crippen LogP contribution in [-0.4, -0.2) is 30.1 Å². The van der Waals surface area contributed by atoms with E-state index in [4.69, 9.17) is 9.47 Å². The Morgan fingerprint density at radius 2 is 2.15 bits per heavy atom. The molecule has 1 aromatic heterocycles. The van der Waals surface area contributed by atoms with E-state index in [0.29, 0.717) is 37.2 Å². The molecule has 1 aromatic carbocycles. The van der Waals surface area contributed by atoms with Crippen LogP contribution in [0.4, 0.5) is 0 Å². The summed E-state index contributed by atoms with van der Waals surface area (Å²) in [7, 11) is 0. The molecule has 0 saturated heterocycles. The van der Waals surface area contributed by atoms with Gasteiger partial charge >= 0.3 is 0 Å². The molecule has 1 N–H and O–H groups in total. The van der Waals surface area contributed by atoms with Gasteiger partial charge in [0.2, 0.25) is 0 Å². The van der Waals surface area contributed by atoms with Crippen LogP contribution in [0.2, 0.25) is 0 Å². The van der Waals surface area contributed by atoms with E-state index in [9.17, 15) is 4.79 Å². The summed E-state index contributed by atoms with van der Waals surface area (Å²) in [6, 6.07) is 7.26. The van der Waals surface area contributed by atoms with Crippen LogP contribution in [0.25, 0.3) is 0 Å². The van der Waals surface area contributed by atoms with E-state index in [0.717, 1.165) is 17.1 Å². The minimum Gasteiger partial charge on any atom is -0.487 e. The van der Waals surface area contributed by atoms with Crippen LogP contribution in [0.1, 0.15) is 59.6 Å². The van der Waals surface area contributed by atoms with E-state index in [-0.39, 0.29) is 5.91 Å². The Morgan fingerprint density at radius 1 is 1.30 bits per heavy atom. The second-order valence-corrected chi connectivity index (χ2v) is 7.98. The summed E-state index contributed by atoms with van der Waals surface area (Å²) in [5.41, 5.74) is 1.51. The van der Waals surface area contributed by atoms with E-state index in [1.54, 1.807) is 23.5 Å². The van der Waals surface area contributed by atoms with Gasteiger partial charge in [-0.2, -0.15) is 0 Å². The smallest absolute Gasteiger partial charge is 0.251 e. The Bertz CT molecular complexity index is 726. The van der Waals surface area contributed by atoms with Crippen LogP contribution in [0, 0.1) is 6.92 Å². The Morgan fingerprint density at radius 3 is 2.93 bits per heavy atom. The average Bonchev–Trinajstić information content (AvgIpc) is 3.12. The van der Waals surface area contributed by atoms with Crippen molar-refractivity contribution in [3.8, 4) is 5.75 Å². The van der Waals surface area contributed by atoms with Crippen molar-refractivity contribution in [2.75, 3.05) is 13.2 Å². The predicted molar refractivity (Wildman–Crippen MR) is 107 cm³/mol. The van der Waals surface area contributed by atoms with Gasteiger partial charge in [-0.1, -0.05) is 25.3 Å². The van der Waals surface area contributed by atoms with Gasteiger partial charge in [-0.25, -0.2) is 4.98 Å². The maximum Gasteiger partial charge on any atom is 0.251 e. The molecule has 0 radical (unpaired) electrons. The number of nitrogens with one attached hydrogen (secondary N) is 1. The van der Waals surface area contributed by atoms with Gasteiger partial charge in [-0.05, 0) is 44.4 Å². The van der Waals surface area contributed by atoms with E-state index in [2.05, 4.69) is 10.3 Å². The first-order chi connectivity index (χ1) is 13.2. The number of hydrogen-bond donors (Lipinski definition) is 1. The van der Waals surface area contributed by atoms with Gasteiger partial charge in [-0.3, -0.25) is 4.79 Å². The summed E-state index contributed by atoms with van der Waals surface area (Å²) in [6.07, 6.45) is 7.51. The van der Waals surface area contributed by atoms with Gasteiger partial charge < -0.3 is 14.8 Å². The number of nitrogens with zero attached hydrogens (tertiary/aromatic N) is 1. The molecule has 6 heteroatoms. The zero-order chi connectivity index (χ0) is 18.9. The van der Waals surface area contributed by atoms with Crippen molar-refractivity contribution in [2.45, 2.75) is 58.2 Å². The van der Waals surface area contributed by atoms with E-state index in [1.165, 1.54) is 32.1 Å². The summed E-state index contributed by atoms with van der Waals surface area (Å²) in [4.78, 5) is 16.7. The lowest BCUT2D eigenvalue weighted by Crippen LogP contribution is -2.26. The van der Waals surface area contributed by atoms with Gasteiger partial charge in [0.05, 0.1) is 16.8 Å². The van der Waals surface area contributed by atoms with E-state index in [1.807, 2.05) is 24.4 Å². The van der Waals surface area contributed by atoms with E-state index < -0.39 is 0 Å². The number of carbonyl (C=O) groups is 1. The number of ether oxygens (including phenoxy) is 2. The van der Waals surface area contributed by atoms with Gasteiger partial charge in [-0.15, -0.1) is 11.3 Å². The van der Waals surface area contributed by atoms with Crippen molar-refractivity contribution in [2.24, 2.45) is 0 Å². The molecule has 0 unspecified atom stereocenters. The lowest BCUT2D eigenvalue weighted by atomic mass is 9.98. The molecule has 2 aromatic rings. The lowest BCUT2D eigenvalue weighted by Gasteiger charge is -2.21. The first kappa shape index (κ1) is 19.8. The van der Waals surface area contributed by atoms with Crippen molar-refractivity contribution in [1.29, 1.82) is 0 Å². The number of thiazole rings is 1. The summed E-state index contributed by atoms with van der Waals surface area (Å²) in [5.74, 6) is 0.594. The minimum atomic E-state index is -0.0809. The molecule has 3 rings (SSSR count). The highest BCUT2D eigenvalue weighted by molar-refractivity contribution is 7.09. The average molecular weight is 389 g/mol. The normalized spacial score (nSPS) is 14.9. The van der Waals surface area contributed by atoms with Crippen LogP contribution in [-0.2, 0) is 11.3 Å². The monoisotopic (exact) mass is 388 g/mol. The summed E-state index contributed by atoms with van der Waals surface area (Å²) in [6.45, 7) is 3.71. The minimum absolute atomic E-state index is 0.0809. The molecule has 1 aliphatic carbocycles. The summed E-state index contributed by atoms with van der Waals surface area (Å²) < 4.78 is 11.6. The topological polar surface area (TPSA) is 60.5 Å². The number of aryl methyl sites for hydroxylation is 1. The lowest BCUT2D eigenvalue weighted by molar-refractivity contribution is 0.0273. The van der Waals surface area contributed by atoms with Gasteiger partial charge in [0, 0.05) is 24.1 Å². The second kappa shape index (κ2) is 10.4. The Balaban J connectivity index is 1.37. The number of carbonyl (C=O) groups excluding carboxylic acids is 1. The molecule has 0 spiro atoms. The van der Waals surface area contributed by atoms with Crippen molar-refractivity contribution < 1.29 is 14.3 Å². The third-order valence-electron chi connectivity index (χ3n) is 4.66. The van der Waals surface area contributed by atoms with Crippen molar-refractivity contribution in [1.82, 2.24) is 10.3 Å². The van der Waals surface area contributed by atoms with Crippen LogP contribution in [0.5, 0.6) is 5.75 Å². The van der Waals surface area contributed by atoms with Crippen LogP contribution in [0.15, 0.2) is 29.6 Å². The molecular formula is C21H28N2O3S. The Labute approximate surface area is 165 Å². The molecule has 1 heterocycles. The van der Waals surface area contributed by atoms with Crippen LogP contribution < -0.4 is 10.1 Å². The van der Waals surface area contributed by atoms with E-state index >= 15 is 0 Å². The van der Waals surface area contributed by atoms with Crippen LogP contribution >= 0.6 is 11.3 Å². The highest BCUT2D eigenvalue weighted by Gasteiger charge is 2.13. The van der Waals surface area contributed by atoms with Crippen molar-refractivity contribution >= 4 is 17.2 Å². The van der Waals surface area contributed by atoms with Crippen LogP contribution in [0.3, 0.4) is 0 Å². The molecule has 1 amide bonds. The van der Waals surface area contributed by atoms with Gasteiger partial charge in [0.15, 0.2) is 0 Å². The predicted octanol–water partition coefficient (Wildman–Crippen LogP) is 4.50. The first-order valence-electron chi connectivity index (χ1n) is 9.74. The summed E-state index contributed by atoms with van der Waals surface area (Å²) >= 11 is 1.60. The second-order valence-electron chi connectivity index (χ2n) is 6.91. The fraction of sp³-hybridized carbons (Fsp3) is 0.524. The maximum absolute atomic E-state index is 12.3. The number of aromatic nitrogens is 1. The number of benzene rings is 1. The maximum atomic E-state index is 12.3. The van der Waals surface area contributed by atoms with Crippen molar-refractivity contribution in [3.05, 3.63) is 45.9 Å². The molecular weight excluding hydrogens is 360 g/mol. The molecule has 5 nitrogen and oxygen atoms in total. The summed E-state index contributed by atoms with van der Waals surface area (Å²) in [5, 5.41) is 5.97. The van der Waals surface area contributed by atoms with Crippen molar-refractivity contribution in [3.63, 3.8) is 0 Å². The molecule has 1 saturated carbocycles. The Hall–Kier alpha value is -1.92. The standard InChI is InChI=1S/C21H28N2O3S/c1-16-23-18(15-27-16)14-26-20-10-5-7-17(13-20)21(24)22-11-6-12-25-19-8-3-2-4-9-19/h5,7,10,13,15,19H,2-4,6,8-9,11-12,14H2,1H3,(H,22,24). The molecule has 1 fully saturated rings. The zero-order valence-corrected chi connectivity index (χ0v) is 16.7. The quantitative estimate of drug-likeness (QED) is 0.643.